The second kappa shape index (κ2) is 10.7. The summed E-state index contributed by atoms with van der Waals surface area (Å²) in [5, 5.41) is 22.8. The molecule has 5 rings (SSSR count). The van der Waals surface area contributed by atoms with Gasteiger partial charge in [0.25, 0.3) is 11.6 Å². The van der Waals surface area contributed by atoms with Crippen LogP contribution in [0, 0.1) is 10.1 Å². The average Bonchev–Trinajstić information content (AvgIpc) is 3.36. The number of rotatable bonds is 8. The number of methoxy groups -OCH3 is 1. The number of hydrogen-bond donors (Lipinski definition) is 2. The second-order valence-electron chi connectivity index (χ2n) is 8.70. The lowest BCUT2D eigenvalue weighted by molar-refractivity contribution is -0.385. The average molecular weight is 527 g/mol. The van der Waals surface area contributed by atoms with Crippen LogP contribution in [0.2, 0.25) is 0 Å². The van der Waals surface area contributed by atoms with Gasteiger partial charge in [-0.05, 0) is 56.3 Å². The van der Waals surface area contributed by atoms with Crippen LogP contribution in [0.3, 0.4) is 0 Å². The summed E-state index contributed by atoms with van der Waals surface area (Å²) in [6.45, 7) is 4.18. The first-order chi connectivity index (χ1) is 18.9. The monoisotopic (exact) mass is 526 g/mol. The molecule has 1 atom stereocenters. The Bertz CT molecular complexity index is 1580. The molecular weight excluding hydrogens is 500 g/mol. The molecule has 198 valence electrons. The van der Waals surface area contributed by atoms with Crippen LogP contribution in [0.4, 0.5) is 17.3 Å². The number of para-hydroxylation sites is 3. The summed E-state index contributed by atoms with van der Waals surface area (Å²) in [5.41, 5.74) is 2.10. The third-order valence-corrected chi connectivity index (χ3v) is 6.30. The van der Waals surface area contributed by atoms with E-state index in [9.17, 15) is 14.9 Å². The summed E-state index contributed by atoms with van der Waals surface area (Å²) in [6.07, 6.45) is 0. The number of ether oxygens (including phenoxy) is 2. The minimum atomic E-state index is -0.929. The first-order valence-corrected chi connectivity index (χ1v) is 12.3. The van der Waals surface area contributed by atoms with Crippen LogP contribution in [0.5, 0.6) is 11.5 Å². The van der Waals surface area contributed by atoms with Crippen LogP contribution in [0.25, 0.3) is 11.4 Å². The SMILES string of the molecule is CCOc1ccc(-c2nc3n(n2)C(c2ccccc2[N+](=O)[O-])C(C(=O)Nc2ccccc2OC)=C(C)N3)cc1. The molecular formula is C28H26N6O5. The van der Waals surface area contributed by atoms with Gasteiger partial charge < -0.3 is 20.1 Å². The number of benzene rings is 3. The molecule has 11 heteroatoms. The highest BCUT2D eigenvalue weighted by Crippen LogP contribution is 2.40. The zero-order valence-electron chi connectivity index (χ0n) is 21.5. The van der Waals surface area contributed by atoms with Crippen molar-refractivity contribution in [1.29, 1.82) is 0 Å². The van der Waals surface area contributed by atoms with Crippen molar-refractivity contribution in [3.8, 4) is 22.9 Å². The Balaban J connectivity index is 1.62. The van der Waals surface area contributed by atoms with Crippen LogP contribution in [-0.2, 0) is 4.79 Å². The summed E-state index contributed by atoms with van der Waals surface area (Å²) < 4.78 is 12.4. The van der Waals surface area contributed by atoms with Gasteiger partial charge in [-0.15, -0.1) is 5.10 Å². The fraction of sp³-hybridized carbons (Fsp3) is 0.179. The number of nitro benzene ring substituents is 1. The maximum absolute atomic E-state index is 13.8. The van der Waals surface area contributed by atoms with Crippen LogP contribution in [0.15, 0.2) is 84.1 Å². The Morgan fingerprint density at radius 1 is 1.10 bits per heavy atom. The van der Waals surface area contributed by atoms with Crippen LogP contribution in [-0.4, -0.2) is 39.3 Å². The minimum absolute atomic E-state index is 0.135. The summed E-state index contributed by atoms with van der Waals surface area (Å²) in [6, 6.07) is 19.7. The number of aromatic nitrogens is 3. The standard InChI is InChI=1S/C28H26N6O5/c1-4-39-19-15-13-18(14-16-19)26-31-28-29-17(2)24(27(35)30-21-10-6-8-12-23(21)38-3)25(33(28)32-26)20-9-5-7-11-22(20)34(36)37/h5-16,25H,4H2,1-3H3,(H,30,35)(H,29,31,32). The van der Waals surface area contributed by atoms with Crippen molar-refractivity contribution >= 4 is 23.2 Å². The van der Waals surface area contributed by atoms with Crippen LogP contribution >= 0.6 is 0 Å². The summed E-state index contributed by atoms with van der Waals surface area (Å²) >= 11 is 0. The van der Waals surface area contributed by atoms with Crippen molar-refractivity contribution < 1.29 is 19.2 Å². The van der Waals surface area contributed by atoms with E-state index in [4.69, 9.17) is 14.6 Å². The van der Waals surface area contributed by atoms with Gasteiger partial charge in [-0.1, -0.05) is 24.3 Å². The van der Waals surface area contributed by atoms with Crippen molar-refractivity contribution in [2.45, 2.75) is 19.9 Å². The Kier molecular flexibility index (Phi) is 6.96. The predicted octanol–water partition coefficient (Wildman–Crippen LogP) is 5.19. The lowest BCUT2D eigenvalue weighted by Gasteiger charge is -2.28. The van der Waals surface area contributed by atoms with E-state index in [1.807, 2.05) is 31.2 Å². The number of carbonyl (C=O) groups is 1. The maximum atomic E-state index is 13.8. The molecule has 2 heterocycles. The van der Waals surface area contributed by atoms with E-state index in [0.717, 1.165) is 5.56 Å². The number of allylic oxidation sites excluding steroid dienone is 1. The van der Waals surface area contributed by atoms with Crippen LogP contribution in [0.1, 0.15) is 25.5 Å². The normalized spacial score (nSPS) is 14.3. The fourth-order valence-electron chi connectivity index (χ4n) is 4.54. The number of amides is 1. The molecule has 0 fully saturated rings. The summed E-state index contributed by atoms with van der Waals surface area (Å²) in [7, 11) is 1.51. The highest BCUT2D eigenvalue weighted by molar-refractivity contribution is 6.06. The highest BCUT2D eigenvalue weighted by atomic mass is 16.6. The number of hydrogen-bond acceptors (Lipinski definition) is 8. The molecule has 4 aromatic rings. The molecule has 1 unspecified atom stereocenters. The van der Waals surface area contributed by atoms with E-state index >= 15 is 0 Å². The zero-order chi connectivity index (χ0) is 27.5. The lowest BCUT2D eigenvalue weighted by Crippen LogP contribution is -2.32. The van der Waals surface area contributed by atoms with Gasteiger partial charge in [0.1, 0.15) is 17.5 Å². The Morgan fingerprint density at radius 2 is 1.82 bits per heavy atom. The van der Waals surface area contributed by atoms with Crippen molar-refractivity contribution in [2.75, 3.05) is 24.4 Å². The zero-order valence-corrected chi connectivity index (χ0v) is 21.5. The van der Waals surface area contributed by atoms with Gasteiger partial charge in [0.05, 0.1) is 35.5 Å². The first kappa shape index (κ1) is 25.5. The van der Waals surface area contributed by atoms with E-state index in [-0.39, 0.29) is 11.3 Å². The molecule has 1 aromatic heterocycles. The smallest absolute Gasteiger partial charge is 0.275 e. The molecule has 39 heavy (non-hydrogen) atoms. The van der Waals surface area contributed by atoms with Gasteiger partial charge in [0.2, 0.25) is 5.95 Å². The molecule has 0 saturated heterocycles. The third kappa shape index (κ3) is 4.89. The summed E-state index contributed by atoms with van der Waals surface area (Å²) in [4.78, 5) is 30.0. The molecule has 1 aliphatic heterocycles. The molecule has 11 nitrogen and oxygen atoms in total. The van der Waals surface area contributed by atoms with Crippen molar-refractivity contribution in [2.24, 2.45) is 0 Å². The van der Waals surface area contributed by atoms with E-state index in [1.165, 1.54) is 17.9 Å². The number of fused-ring (bicyclic) bond motifs is 1. The van der Waals surface area contributed by atoms with E-state index in [0.29, 0.717) is 46.8 Å². The van der Waals surface area contributed by atoms with Gasteiger partial charge in [0, 0.05) is 17.3 Å². The summed E-state index contributed by atoms with van der Waals surface area (Å²) in [5.74, 6) is 1.48. The van der Waals surface area contributed by atoms with Crippen LogP contribution < -0.4 is 20.1 Å². The molecule has 1 aliphatic rings. The molecule has 0 bridgehead atoms. The minimum Gasteiger partial charge on any atom is -0.495 e. The van der Waals surface area contributed by atoms with Gasteiger partial charge in [-0.2, -0.15) is 4.98 Å². The van der Waals surface area contributed by atoms with Gasteiger partial charge >= 0.3 is 0 Å². The molecule has 1 amide bonds. The largest absolute Gasteiger partial charge is 0.495 e. The van der Waals surface area contributed by atoms with Gasteiger partial charge in [0.15, 0.2) is 5.82 Å². The Labute approximate surface area is 224 Å². The van der Waals surface area contributed by atoms with E-state index in [2.05, 4.69) is 15.6 Å². The topological polar surface area (TPSA) is 133 Å². The molecule has 0 radical (unpaired) electrons. The number of carbonyl (C=O) groups excluding carboxylic acids is 1. The van der Waals surface area contributed by atoms with Crippen molar-refractivity contribution in [3.05, 3.63) is 99.7 Å². The Morgan fingerprint density at radius 3 is 2.54 bits per heavy atom. The van der Waals surface area contributed by atoms with Crippen molar-refractivity contribution in [1.82, 2.24) is 14.8 Å². The molecule has 0 spiro atoms. The first-order valence-electron chi connectivity index (χ1n) is 12.3. The van der Waals surface area contributed by atoms with Gasteiger partial charge in [-0.3, -0.25) is 14.9 Å². The van der Waals surface area contributed by atoms with E-state index < -0.39 is 16.9 Å². The van der Waals surface area contributed by atoms with Gasteiger partial charge in [-0.25, -0.2) is 4.68 Å². The maximum Gasteiger partial charge on any atom is 0.275 e. The van der Waals surface area contributed by atoms with Crippen molar-refractivity contribution in [3.63, 3.8) is 0 Å². The number of nitrogens with one attached hydrogen (secondary N) is 2. The molecule has 0 saturated carbocycles. The lowest BCUT2D eigenvalue weighted by atomic mass is 9.93. The number of anilines is 2. The molecule has 2 N–H and O–H groups in total. The Hall–Kier alpha value is -5.19. The molecule has 0 aliphatic carbocycles. The fourth-order valence-corrected chi connectivity index (χ4v) is 4.54. The quantitative estimate of drug-likeness (QED) is 0.237. The number of nitrogens with zero attached hydrogens (tertiary/aromatic N) is 4. The predicted molar refractivity (Wildman–Crippen MR) is 146 cm³/mol. The van der Waals surface area contributed by atoms with E-state index in [1.54, 1.807) is 49.4 Å². The number of nitro groups is 1. The second-order valence-corrected chi connectivity index (χ2v) is 8.70. The third-order valence-electron chi connectivity index (χ3n) is 6.30. The molecule has 3 aromatic carbocycles. The highest BCUT2D eigenvalue weighted by Gasteiger charge is 2.38.